The molecule has 0 unspecified atom stereocenters. The largest absolute Gasteiger partial charge is 0.491 e. The molecule has 0 spiro atoms. The molecule has 4 amide bonds. The highest BCUT2D eigenvalue weighted by Gasteiger charge is 2.45. The number of anilines is 1. The van der Waals surface area contributed by atoms with Crippen molar-refractivity contribution in [2.75, 3.05) is 111 Å². The lowest BCUT2D eigenvalue weighted by atomic mass is 9.85. The number of thiazole rings is 1. The van der Waals surface area contributed by atoms with E-state index in [0.717, 1.165) is 53.8 Å². The molecule has 0 aliphatic carbocycles. The molecule has 8 rings (SSSR count). The summed E-state index contributed by atoms with van der Waals surface area (Å²) < 4.78 is 46.8. The van der Waals surface area contributed by atoms with Crippen molar-refractivity contribution in [3.63, 3.8) is 0 Å². The van der Waals surface area contributed by atoms with Crippen LogP contribution < -0.4 is 20.7 Å². The van der Waals surface area contributed by atoms with Crippen molar-refractivity contribution < 1.29 is 72.1 Å². The second-order valence-electron chi connectivity index (χ2n) is 23.7. The number of aliphatic hydroxyl groups excluding tert-OH is 1. The number of aryl methyl sites for hydroxylation is 4. The van der Waals surface area contributed by atoms with Gasteiger partial charge in [0.15, 0.2) is 5.82 Å². The smallest absolute Gasteiger partial charge is 0.306 e. The number of carboxylic acids is 1. The number of thiophene rings is 1. The Kier molecular flexibility index (Phi) is 27.1. The van der Waals surface area contributed by atoms with Gasteiger partial charge < -0.3 is 69.0 Å². The van der Waals surface area contributed by atoms with Gasteiger partial charge in [-0.1, -0.05) is 69.3 Å². The SMILES string of the molecule is Cc1ncsc1-c1ccc([C@H](C)NC(=O)[C@@H]2C[C@@H](O)CN2C(=O)[C@@H](NC(=O)COCCOCCOCCOCCOCCOCCOCCOc2ccc(CCC(=O)Nc3ccc(C4=N[C@@H](CC(=O)O)c5nnc(C)n5-c5sc(C)c(C)c54)cc3)cc2)C(C)(C)C)cc1. The number of hydrogen-bond acceptors (Lipinski definition) is 20. The zero-order valence-corrected chi connectivity index (χ0v) is 55.9. The van der Waals surface area contributed by atoms with Crippen LogP contribution >= 0.6 is 22.7 Å². The number of carbonyl (C=O) groups is 5. The number of hydrogen-bond donors (Lipinski definition) is 5. The molecular formula is C67H87N9O15S2. The summed E-state index contributed by atoms with van der Waals surface area (Å²) in [4.78, 5) is 78.5. The van der Waals surface area contributed by atoms with Crippen LogP contribution in [0, 0.1) is 33.1 Å². The van der Waals surface area contributed by atoms with E-state index >= 15 is 0 Å². The zero-order valence-electron chi connectivity index (χ0n) is 54.2. The Bertz CT molecular complexity index is 3440. The molecule has 502 valence electrons. The van der Waals surface area contributed by atoms with Crippen molar-refractivity contribution in [1.82, 2.24) is 35.3 Å². The van der Waals surface area contributed by atoms with Crippen LogP contribution in [0.15, 0.2) is 83.3 Å². The molecule has 6 aromatic rings. The predicted octanol–water partition coefficient (Wildman–Crippen LogP) is 7.49. The molecule has 5 atom stereocenters. The van der Waals surface area contributed by atoms with Gasteiger partial charge in [-0.25, -0.2) is 4.98 Å². The number of nitrogens with one attached hydrogen (secondary N) is 3. The van der Waals surface area contributed by atoms with E-state index in [9.17, 15) is 34.2 Å². The molecule has 2 aliphatic rings. The number of aliphatic hydroxyl groups is 1. The summed E-state index contributed by atoms with van der Waals surface area (Å²) in [5.41, 5.74) is 9.08. The number of amides is 4. The van der Waals surface area contributed by atoms with Crippen molar-refractivity contribution in [1.29, 1.82) is 0 Å². The Morgan fingerprint density at radius 2 is 1.29 bits per heavy atom. The van der Waals surface area contributed by atoms with Gasteiger partial charge in [0.2, 0.25) is 23.6 Å². The first-order valence-corrected chi connectivity index (χ1v) is 33.0. The third kappa shape index (κ3) is 20.8. The number of fused-ring (bicyclic) bond motifs is 3. The van der Waals surface area contributed by atoms with Crippen LogP contribution in [0.3, 0.4) is 0 Å². The second kappa shape index (κ2) is 35.2. The van der Waals surface area contributed by atoms with Gasteiger partial charge in [0.05, 0.1) is 126 Å². The maximum atomic E-state index is 14.0. The zero-order chi connectivity index (χ0) is 66.4. The van der Waals surface area contributed by atoms with E-state index in [1.165, 1.54) is 4.90 Å². The maximum Gasteiger partial charge on any atom is 0.306 e. The predicted molar refractivity (Wildman–Crippen MR) is 351 cm³/mol. The van der Waals surface area contributed by atoms with Crippen LogP contribution in [0.4, 0.5) is 5.69 Å². The monoisotopic (exact) mass is 1320 g/mol. The van der Waals surface area contributed by atoms with E-state index in [-0.39, 0.29) is 63.5 Å². The molecule has 1 saturated heterocycles. The van der Waals surface area contributed by atoms with E-state index in [1.54, 1.807) is 22.7 Å². The fourth-order valence-corrected chi connectivity index (χ4v) is 12.6. The molecule has 93 heavy (non-hydrogen) atoms. The number of aromatic nitrogens is 4. The molecule has 0 saturated carbocycles. The fourth-order valence-electron chi connectivity index (χ4n) is 10.6. The molecule has 3 aromatic heterocycles. The number of ether oxygens (including phenoxy) is 8. The molecule has 5 heterocycles. The molecular weight excluding hydrogens is 1230 g/mol. The van der Waals surface area contributed by atoms with Gasteiger partial charge in [0.25, 0.3) is 0 Å². The summed E-state index contributed by atoms with van der Waals surface area (Å²) >= 11 is 3.17. The average molecular weight is 1320 g/mol. The van der Waals surface area contributed by atoms with E-state index in [1.807, 2.05) is 131 Å². The maximum absolute atomic E-state index is 14.0. The summed E-state index contributed by atoms with van der Waals surface area (Å²) in [6.07, 6.45) is -0.211. The van der Waals surface area contributed by atoms with Crippen LogP contribution in [-0.2, 0) is 63.6 Å². The normalized spacial score (nSPS) is 16.0. The van der Waals surface area contributed by atoms with E-state index < -0.39 is 47.4 Å². The third-order valence-electron chi connectivity index (χ3n) is 15.6. The minimum atomic E-state index is -0.981. The Balaban J connectivity index is 0.587. The van der Waals surface area contributed by atoms with Gasteiger partial charge in [-0.15, -0.1) is 32.9 Å². The summed E-state index contributed by atoms with van der Waals surface area (Å²) in [7, 11) is 0. The lowest BCUT2D eigenvalue weighted by molar-refractivity contribution is -0.144. The van der Waals surface area contributed by atoms with Crippen LogP contribution in [0.5, 0.6) is 5.75 Å². The number of aliphatic imine (C=N–C) groups is 1. The van der Waals surface area contributed by atoms with Crippen molar-refractivity contribution in [3.05, 3.63) is 128 Å². The van der Waals surface area contributed by atoms with Gasteiger partial charge in [-0.05, 0) is 93.0 Å². The number of carbonyl (C=O) groups excluding carboxylic acids is 4. The highest BCUT2D eigenvalue weighted by Crippen LogP contribution is 2.40. The lowest BCUT2D eigenvalue weighted by Gasteiger charge is -2.35. The minimum Gasteiger partial charge on any atom is -0.491 e. The van der Waals surface area contributed by atoms with Gasteiger partial charge in [-0.3, -0.25) is 33.5 Å². The number of nitrogens with zero attached hydrogens (tertiary/aromatic N) is 6. The third-order valence-corrected chi connectivity index (χ3v) is 17.8. The van der Waals surface area contributed by atoms with Gasteiger partial charge >= 0.3 is 5.97 Å². The highest BCUT2D eigenvalue weighted by molar-refractivity contribution is 7.15. The number of benzene rings is 3. The minimum absolute atomic E-state index is 0.0301. The number of β-amino-alcohol motifs (C(OH)–C–C–N with tert-alkyl or cyclic N) is 1. The van der Waals surface area contributed by atoms with Crippen LogP contribution in [0.1, 0.15) is 109 Å². The van der Waals surface area contributed by atoms with Crippen molar-refractivity contribution in [3.8, 4) is 21.2 Å². The molecule has 24 nitrogen and oxygen atoms in total. The van der Waals surface area contributed by atoms with Crippen molar-refractivity contribution >= 4 is 63.7 Å². The Morgan fingerprint density at radius 1 is 0.710 bits per heavy atom. The number of rotatable bonds is 37. The Morgan fingerprint density at radius 3 is 1.86 bits per heavy atom. The second-order valence-corrected chi connectivity index (χ2v) is 25.8. The first-order chi connectivity index (χ1) is 44.7. The first kappa shape index (κ1) is 71.5. The topological polar surface area (TPSA) is 295 Å². The summed E-state index contributed by atoms with van der Waals surface area (Å²) in [5.74, 6) is -0.575. The summed E-state index contributed by atoms with van der Waals surface area (Å²) in [6.45, 7) is 20.0. The van der Waals surface area contributed by atoms with E-state index in [4.69, 9.17) is 42.9 Å². The molecule has 26 heteroatoms. The van der Waals surface area contributed by atoms with Crippen LogP contribution in [-0.4, -0.2) is 194 Å². The van der Waals surface area contributed by atoms with Crippen molar-refractivity contribution in [2.45, 2.75) is 111 Å². The lowest BCUT2D eigenvalue weighted by Crippen LogP contribution is -2.58. The standard InChI is InChI=1S/C67H87N9O15S2/c1-42-45(4)93-66-59(42)60(71-54(38-58(80)81)63-74-73-46(5)76(63)66)49-16-18-51(19-17-49)70-56(78)22-11-47-9-20-53(21-10-47)91-36-35-89-32-31-87-28-27-85-24-23-84-25-26-86-29-30-88-33-34-90-40-57(79)72-62(67(6,7)8)65(83)75-39-52(77)37-55(75)64(82)69-43(2)48-12-14-50(15-13-48)61-44(3)68-41-92-61/h9-10,12-21,41,43,52,54-55,62,77H,11,22-40H2,1-8H3,(H,69,82)(H,70,78)(H,72,79)(H,80,81)/t43-,52+,54-,55-,62+/m0/s1. The molecule has 0 radical (unpaired) electrons. The van der Waals surface area contributed by atoms with Gasteiger partial charge in [0, 0.05) is 41.1 Å². The number of aliphatic carboxylic acids is 1. The summed E-state index contributed by atoms with van der Waals surface area (Å²) in [6, 6.07) is 20.0. The molecule has 1 fully saturated rings. The van der Waals surface area contributed by atoms with Crippen LogP contribution in [0.25, 0.3) is 15.4 Å². The van der Waals surface area contributed by atoms with Gasteiger partial charge in [-0.2, -0.15) is 0 Å². The van der Waals surface area contributed by atoms with Crippen LogP contribution in [0.2, 0.25) is 0 Å². The number of likely N-dealkylation sites (tertiary alicyclic amines) is 1. The first-order valence-electron chi connectivity index (χ1n) is 31.3. The van der Waals surface area contributed by atoms with Crippen molar-refractivity contribution in [2.24, 2.45) is 10.4 Å². The molecule has 3 aromatic carbocycles. The molecule has 0 bridgehead atoms. The highest BCUT2D eigenvalue weighted by atomic mass is 32.1. The molecule has 2 aliphatic heterocycles. The van der Waals surface area contributed by atoms with E-state index in [2.05, 4.69) is 38.1 Å². The quantitative estimate of drug-likeness (QED) is 0.0236. The average Bonchev–Trinajstić information content (AvgIpc) is 1.60. The Labute approximate surface area is 550 Å². The Hall–Kier alpha value is -7.37. The van der Waals surface area contributed by atoms with E-state index in [0.29, 0.717) is 115 Å². The fraction of sp³-hybridized carbons (Fsp3) is 0.507. The van der Waals surface area contributed by atoms with Gasteiger partial charge in [0.1, 0.15) is 47.9 Å². The number of carboxylic acid groups (broad SMARTS) is 1. The summed E-state index contributed by atoms with van der Waals surface area (Å²) in [5, 5.41) is 38.7. The molecule has 5 N–H and O–H groups in total.